The molecule has 20 heavy (non-hydrogen) atoms. The first-order chi connectivity index (χ1) is 9.51. The van der Waals surface area contributed by atoms with E-state index in [2.05, 4.69) is 15.9 Å². The van der Waals surface area contributed by atoms with Gasteiger partial charge in [0, 0.05) is 16.1 Å². The first kappa shape index (κ1) is 14.4. The van der Waals surface area contributed by atoms with Crippen molar-refractivity contribution in [2.45, 2.75) is 6.61 Å². The summed E-state index contributed by atoms with van der Waals surface area (Å²) in [5.41, 5.74) is 0.116. The minimum Gasteiger partial charge on any atom is -0.454 e. The number of nitrogens with zero attached hydrogens (tertiary/aromatic N) is 1. The molecule has 0 aliphatic rings. The number of nitro benzene ring substituents is 1. The lowest BCUT2D eigenvalue weighted by atomic mass is 10.2. The quantitative estimate of drug-likeness (QED) is 0.678. The fourth-order valence-electron chi connectivity index (χ4n) is 1.58. The van der Waals surface area contributed by atoms with Crippen LogP contribution in [0.1, 0.15) is 5.56 Å². The van der Waals surface area contributed by atoms with Crippen molar-refractivity contribution < 1.29 is 19.2 Å². The van der Waals surface area contributed by atoms with Crippen LogP contribution in [0.4, 0.5) is 10.1 Å². The summed E-state index contributed by atoms with van der Waals surface area (Å²) in [5, 5.41) is 19.7. The Bertz CT molecular complexity index is 663. The zero-order valence-electron chi connectivity index (χ0n) is 10.0. The van der Waals surface area contributed by atoms with Crippen molar-refractivity contribution in [2.75, 3.05) is 0 Å². The predicted molar refractivity (Wildman–Crippen MR) is 73.2 cm³/mol. The van der Waals surface area contributed by atoms with Crippen molar-refractivity contribution in [3.63, 3.8) is 0 Å². The van der Waals surface area contributed by atoms with E-state index in [0.29, 0.717) is 5.56 Å². The number of non-ortho nitro benzene ring substituents is 1. The smallest absolute Gasteiger partial charge is 0.272 e. The second kappa shape index (κ2) is 5.98. The lowest BCUT2D eigenvalue weighted by Crippen LogP contribution is -1.95. The predicted octanol–water partition coefficient (Wildman–Crippen LogP) is 3.78. The molecule has 0 atom stereocenters. The van der Waals surface area contributed by atoms with Crippen LogP contribution in [-0.4, -0.2) is 10.0 Å². The number of aliphatic hydroxyl groups is 1. The number of benzene rings is 2. The van der Waals surface area contributed by atoms with E-state index in [0.717, 1.165) is 16.6 Å². The molecule has 0 saturated heterocycles. The molecule has 0 heterocycles. The highest BCUT2D eigenvalue weighted by molar-refractivity contribution is 9.10. The summed E-state index contributed by atoms with van der Waals surface area (Å²) in [6.07, 6.45) is 0. The van der Waals surface area contributed by atoms with E-state index in [1.165, 1.54) is 6.07 Å². The van der Waals surface area contributed by atoms with Crippen LogP contribution < -0.4 is 4.74 Å². The van der Waals surface area contributed by atoms with Gasteiger partial charge < -0.3 is 9.84 Å². The number of ether oxygens (including phenoxy) is 1. The van der Waals surface area contributed by atoms with Gasteiger partial charge in [-0.05, 0) is 24.3 Å². The molecule has 0 aliphatic carbocycles. The Morgan fingerprint density at radius 2 is 1.95 bits per heavy atom. The van der Waals surface area contributed by atoms with Crippen molar-refractivity contribution >= 4 is 21.6 Å². The summed E-state index contributed by atoms with van der Waals surface area (Å²) in [4.78, 5) is 9.83. The topological polar surface area (TPSA) is 72.6 Å². The first-order valence-electron chi connectivity index (χ1n) is 5.52. The highest BCUT2D eigenvalue weighted by Gasteiger charge is 2.13. The summed E-state index contributed by atoms with van der Waals surface area (Å²) in [7, 11) is 0. The van der Waals surface area contributed by atoms with Crippen molar-refractivity contribution in [2.24, 2.45) is 0 Å². The summed E-state index contributed by atoms with van der Waals surface area (Å²) in [5.74, 6) is -0.706. The van der Waals surface area contributed by atoms with Gasteiger partial charge in [0.15, 0.2) is 11.6 Å². The Kier molecular flexibility index (Phi) is 4.31. The highest BCUT2D eigenvalue weighted by atomic mass is 79.9. The Labute approximate surface area is 121 Å². The van der Waals surface area contributed by atoms with Gasteiger partial charge in [0.2, 0.25) is 0 Å². The van der Waals surface area contributed by atoms with E-state index in [1.54, 1.807) is 18.2 Å². The van der Waals surface area contributed by atoms with E-state index in [9.17, 15) is 19.6 Å². The minimum atomic E-state index is -0.842. The molecule has 0 radical (unpaired) electrons. The van der Waals surface area contributed by atoms with Crippen LogP contribution in [0.2, 0.25) is 0 Å². The van der Waals surface area contributed by atoms with Gasteiger partial charge in [0.05, 0.1) is 17.6 Å². The fraction of sp³-hybridized carbons (Fsp3) is 0.0769. The largest absolute Gasteiger partial charge is 0.454 e. The van der Waals surface area contributed by atoms with Gasteiger partial charge >= 0.3 is 0 Å². The Morgan fingerprint density at radius 1 is 1.25 bits per heavy atom. The molecule has 5 nitrogen and oxygen atoms in total. The number of aliphatic hydroxyl groups excluding tert-OH is 1. The van der Waals surface area contributed by atoms with E-state index < -0.39 is 10.7 Å². The minimum absolute atomic E-state index is 0.146. The van der Waals surface area contributed by atoms with Gasteiger partial charge in [-0.3, -0.25) is 10.1 Å². The molecule has 0 fully saturated rings. The number of hydrogen-bond acceptors (Lipinski definition) is 4. The number of rotatable bonds is 4. The van der Waals surface area contributed by atoms with Crippen LogP contribution in [0.15, 0.2) is 40.9 Å². The maximum Gasteiger partial charge on any atom is 0.272 e. The maximum atomic E-state index is 13.7. The van der Waals surface area contributed by atoms with Crippen molar-refractivity contribution in [3.05, 3.63) is 62.4 Å². The standard InChI is InChI=1S/C13H9BrFNO4/c14-9-1-3-12(8(5-9)7-17)20-13-4-2-10(16(18)19)6-11(13)15/h1-6,17H,7H2. The molecule has 0 amide bonds. The monoisotopic (exact) mass is 341 g/mol. The third-order valence-corrected chi connectivity index (χ3v) is 3.03. The first-order valence-corrected chi connectivity index (χ1v) is 6.31. The summed E-state index contributed by atoms with van der Waals surface area (Å²) >= 11 is 3.25. The normalized spacial score (nSPS) is 10.3. The molecular weight excluding hydrogens is 333 g/mol. The molecule has 104 valence electrons. The molecule has 2 aromatic rings. The van der Waals surface area contributed by atoms with Gasteiger partial charge in [-0.15, -0.1) is 0 Å². The van der Waals surface area contributed by atoms with Gasteiger partial charge in [0.1, 0.15) is 5.75 Å². The van der Waals surface area contributed by atoms with Gasteiger partial charge in [-0.2, -0.15) is 0 Å². The lowest BCUT2D eigenvalue weighted by molar-refractivity contribution is -0.385. The van der Waals surface area contributed by atoms with Gasteiger partial charge in [0.25, 0.3) is 5.69 Å². The molecule has 0 unspecified atom stereocenters. The molecule has 7 heteroatoms. The van der Waals surface area contributed by atoms with E-state index in [4.69, 9.17) is 4.74 Å². The van der Waals surface area contributed by atoms with Gasteiger partial charge in [-0.25, -0.2) is 4.39 Å². The second-order valence-electron chi connectivity index (χ2n) is 3.88. The second-order valence-corrected chi connectivity index (χ2v) is 4.80. The molecule has 0 spiro atoms. The average molecular weight is 342 g/mol. The van der Waals surface area contributed by atoms with Crippen LogP contribution in [0.5, 0.6) is 11.5 Å². The molecule has 0 saturated carbocycles. The molecule has 2 aromatic carbocycles. The number of nitro groups is 1. The average Bonchev–Trinajstić information content (AvgIpc) is 2.42. The van der Waals surface area contributed by atoms with Crippen LogP contribution in [-0.2, 0) is 6.61 Å². The van der Waals surface area contributed by atoms with E-state index >= 15 is 0 Å². The number of hydrogen-bond donors (Lipinski definition) is 1. The zero-order valence-corrected chi connectivity index (χ0v) is 11.6. The molecule has 0 aromatic heterocycles. The van der Waals surface area contributed by atoms with Crippen LogP contribution in [0, 0.1) is 15.9 Å². The van der Waals surface area contributed by atoms with E-state index in [-0.39, 0.29) is 23.8 Å². The summed E-state index contributed by atoms with van der Waals surface area (Å²) in [6.45, 7) is -0.274. The Hall–Kier alpha value is -1.99. The maximum absolute atomic E-state index is 13.7. The van der Waals surface area contributed by atoms with Crippen molar-refractivity contribution in [3.8, 4) is 11.5 Å². The summed E-state index contributed by atoms with van der Waals surface area (Å²) < 4.78 is 19.8. The molecular formula is C13H9BrFNO4. The molecule has 0 aliphatic heterocycles. The Balaban J connectivity index is 2.33. The van der Waals surface area contributed by atoms with Crippen molar-refractivity contribution in [1.29, 1.82) is 0 Å². The fourth-order valence-corrected chi connectivity index (χ4v) is 1.98. The highest BCUT2D eigenvalue weighted by Crippen LogP contribution is 2.31. The van der Waals surface area contributed by atoms with E-state index in [1.807, 2.05) is 0 Å². The SMILES string of the molecule is O=[N+]([O-])c1ccc(Oc2ccc(Br)cc2CO)c(F)c1. The van der Waals surface area contributed by atoms with Crippen LogP contribution in [0.3, 0.4) is 0 Å². The van der Waals surface area contributed by atoms with Crippen molar-refractivity contribution in [1.82, 2.24) is 0 Å². The molecule has 1 N–H and O–H groups in total. The third-order valence-electron chi connectivity index (χ3n) is 2.54. The Morgan fingerprint density at radius 3 is 2.55 bits per heavy atom. The lowest BCUT2D eigenvalue weighted by Gasteiger charge is -2.10. The molecule has 0 bridgehead atoms. The molecule has 2 rings (SSSR count). The van der Waals surface area contributed by atoms with Crippen LogP contribution >= 0.6 is 15.9 Å². The third kappa shape index (κ3) is 3.12. The number of halogens is 2. The van der Waals surface area contributed by atoms with Gasteiger partial charge in [-0.1, -0.05) is 15.9 Å². The van der Waals surface area contributed by atoms with Crippen LogP contribution in [0.25, 0.3) is 0 Å². The zero-order chi connectivity index (χ0) is 14.7. The summed E-state index contributed by atoms with van der Waals surface area (Å²) in [6, 6.07) is 7.99.